The largest absolute Gasteiger partial charge is 0.272 e. The van der Waals surface area contributed by atoms with E-state index < -0.39 is 0 Å². The van der Waals surface area contributed by atoms with Crippen LogP contribution in [0, 0.1) is 17.0 Å². The third kappa shape index (κ3) is 4.75. The molecule has 29 heavy (non-hydrogen) atoms. The van der Waals surface area contributed by atoms with E-state index in [0.717, 1.165) is 21.6 Å². The molecule has 0 spiro atoms. The first-order valence-electron chi connectivity index (χ1n) is 9.08. The molecule has 0 radical (unpaired) electrons. The van der Waals surface area contributed by atoms with E-state index in [1.165, 1.54) is 11.3 Å². The Bertz CT molecular complexity index is 1160. The van der Waals surface area contributed by atoms with E-state index in [0.29, 0.717) is 23.4 Å². The monoisotopic (exact) mass is 406 g/mol. The summed E-state index contributed by atoms with van der Waals surface area (Å²) in [5, 5.41) is 18.1. The number of nitro groups is 1. The first-order chi connectivity index (χ1) is 13.9. The fourth-order valence-electron chi connectivity index (χ4n) is 2.75. The zero-order valence-corrected chi connectivity index (χ0v) is 17.4. The van der Waals surface area contributed by atoms with E-state index in [1.807, 2.05) is 55.6 Å². The van der Waals surface area contributed by atoms with Gasteiger partial charge in [-0.25, -0.2) is 4.68 Å². The lowest BCUT2D eigenvalue weighted by Crippen LogP contribution is -2.15. The average molecular weight is 407 g/mol. The number of benzene rings is 2. The van der Waals surface area contributed by atoms with Gasteiger partial charge in [0, 0.05) is 28.1 Å². The Balaban J connectivity index is 2.14. The molecular formula is C22H22N4O2S. The highest BCUT2D eigenvalue weighted by atomic mass is 32.1. The second-order valence-corrected chi connectivity index (χ2v) is 7.64. The Kier molecular flexibility index (Phi) is 6.19. The third-order valence-electron chi connectivity index (χ3n) is 4.31. The fourth-order valence-corrected chi connectivity index (χ4v) is 3.58. The molecule has 0 aliphatic rings. The molecule has 0 saturated carbocycles. The van der Waals surface area contributed by atoms with Crippen molar-refractivity contribution in [2.45, 2.75) is 20.8 Å². The lowest BCUT2D eigenvalue weighted by Gasteiger charge is -2.07. The Morgan fingerprint density at radius 2 is 1.93 bits per heavy atom. The van der Waals surface area contributed by atoms with Crippen LogP contribution >= 0.6 is 11.3 Å². The van der Waals surface area contributed by atoms with Crippen LogP contribution in [0.25, 0.3) is 11.3 Å². The molecule has 0 saturated heterocycles. The Labute approximate surface area is 173 Å². The molecule has 148 valence electrons. The summed E-state index contributed by atoms with van der Waals surface area (Å²) >= 11 is 1.50. The summed E-state index contributed by atoms with van der Waals surface area (Å²) in [6.07, 6.45) is 0. The zero-order chi connectivity index (χ0) is 21.0. The molecule has 0 amide bonds. The third-order valence-corrected chi connectivity index (χ3v) is 5.17. The van der Waals surface area contributed by atoms with Crippen molar-refractivity contribution in [3.63, 3.8) is 0 Å². The van der Waals surface area contributed by atoms with E-state index in [-0.39, 0.29) is 10.6 Å². The molecule has 0 unspecified atom stereocenters. The van der Waals surface area contributed by atoms with Crippen LogP contribution in [0.15, 0.2) is 76.2 Å². The van der Waals surface area contributed by atoms with E-state index in [1.54, 1.807) is 23.7 Å². The standard InChI is InChI=1S/C22H22N4O2S/c1-15(2)13-23-22-25(21(14-29-22)18-8-6-5-7-9-18)24-17(4)19-11-10-16(3)20(12-19)26(27)28/h5-12,14H,1,13H2,2-4H3. The van der Waals surface area contributed by atoms with Gasteiger partial charge in [0.25, 0.3) is 5.69 Å². The minimum absolute atomic E-state index is 0.0860. The van der Waals surface area contributed by atoms with Crippen LogP contribution in [-0.4, -0.2) is 21.9 Å². The van der Waals surface area contributed by atoms with Gasteiger partial charge in [-0.1, -0.05) is 54.6 Å². The van der Waals surface area contributed by atoms with Crippen molar-refractivity contribution >= 4 is 22.7 Å². The number of aryl methyl sites for hydroxylation is 1. The van der Waals surface area contributed by atoms with Crippen LogP contribution in [0.5, 0.6) is 0 Å². The summed E-state index contributed by atoms with van der Waals surface area (Å²) in [7, 11) is 0. The molecule has 0 aliphatic carbocycles. The van der Waals surface area contributed by atoms with Gasteiger partial charge in [0.1, 0.15) is 0 Å². The van der Waals surface area contributed by atoms with Crippen molar-refractivity contribution in [2.75, 3.05) is 6.54 Å². The van der Waals surface area contributed by atoms with E-state index in [9.17, 15) is 10.1 Å². The van der Waals surface area contributed by atoms with E-state index >= 15 is 0 Å². The number of hydrogen-bond acceptors (Lipinski definition) is 5. The highest BCUT2D eigenvalue weighted by Crippen LogP contribution is 2.22. The molecule has 3 rings (SSSR count). The fraction of sp³-hybridized carbons (Fsp3) is 0.182. The molecule has 0 atom stereocenters. The summed E-state index contributed by atoms with van der Waals surface area (Å²) in [6, 6.07) is 15.1. The van der Waals surface area contributed by atoms with Crippen LogP contribution in [0.4, 0.5) is 5.69 Å². The second kappa shape index (κ2) is 8.79. The van der Waals surface area contributed by atoms with Gasteiger partial charge in [0.2, 0.25) is 4.80 Å². The van der Waals surface area contributed by atoms with Gasteiger partial charge in [-0.15, -0.1) is 11.3 Å². The van der Waals surface area contributed by atoms with Gasteiger partial charge < -0.3 is 0 Å². The first kappa shape index (κ1) is 20.4. The first-order valence-corrected chi connectivity index (χ1v) is 9.96. The molecule has 1 aromatic heterocycles. The normalized spacial score (nSPS) is 12.2. The number of rotatable bonds is 6. The van der Waals surface area contributed by atoms with Gasteiger partial charge in [-0.05, 0) is 20.8 Å². The maximum absolute atomic E-state index is 11.3. The summed E-state index contributed by atoms with van der Waals surface area (Å²) in [6.45, 7) is 9.92. The van der Waals surface area contributed by atoms with Crippen molar-refractivity contribution in [2.24, 2.45) is 10.1 Å². The highest BCUT2D eigenvalue weighted by Gasteiger charge is 2.13. The second-order valence-electron chi connectivity index (χ2n) is 6.80. The summed E-state index contributed by atoms with van der Waals surface area (Å²) in [5.74, 6) is 0. The quantitative estimate of drug-likeness (QED) is 0.245. The maximum Gasteiger partial charge on any atom is 0.272 e. The van der Waals surface area contributed by atoms with Crippen LogP contribution in [0.2, 0.25) is 0 Å². The number of thiazole rings is 1. The molecule has 1 heterocycles. The van der Waals surface area contributed by atoms with E-state index in [4.69, 9.17) is 5.10 Å². The number of aromatic nitrogens is 1. The average Bonchev–Trinajstić information content (AvgIpc) is 3.09. The molecular weight excluding hydrogens is 384 g/mol. The van der Waals surface area contributed by atoms with Gasteiger partial charge in [0.05, 0.1) is 22.9 Å². The molecule has 7 heteroatoms. The molecule has 0 bridgehead atoms. The molecule has 0 N–H and O–H groups in total. The van der Waals surface area contributed by atoms with Gasteiger partial charge in [-0.2, -0.15) is 5.10 Å². The molecule has 2 aromatic carbocycles. The Morgan fingerprint density at radius 3 is 2.59 bits per heavy atom. The van der Waals surface area contributed by atoms with Crippen LogP contribution in [0.3, 0.4) is 0 Å². The van der Waals surface area contributed by atoms with Crippen molar-refractivity contribution in [1.29, 1.82) is 0 Å². The SMILES string of the molecule is C=C(C)CN=c1scc(-c2ccccc2)n1N=C(C)c1ccc(C)c([N+](=O)[O-])c1. The van der Waals surface area contributed by atoms with E-state index in [2.05, 4.69) is 11.6 Å². The summed E-state index contributed by atoms with van der Waals surface area (Å²) in [4.78, 5) is 16.3. The van der Waals surface area contributed by atoms with Crippen molar-refractivity contribution in [3.8, 4) is 11.3 Å². The number of nitrogens with zero attached hydrogens (tertiary/aromatic N) is 4. The number of hydrogen-bond donors (Lipinski definition) is 0. The molecule has 0 fully saturated rings. The highest BCUT2D eigenvalue weighted by molar-refractivity contribution is 7.07. The smallest absolute Gasteiger partial charge is 0.258 e. The lowest BCUT2D eigenvalue weighted by atomic mass is 10.1. The minimum Gasteiger partial charge on any atom is -0.258 e. The molecule has 0 aliphatic heterocycles. The lowest BCUT2D eigenvalue weighted by molar-refractivity contribution is -0.385. The summed E-state index contributed by atoms with van der Waals surface area (Å²) in [5.41, 5.74) is 4.97. The van der Waals surface area contributed by atoms with Crippen molar-refractivity contribution < 1.29 is 4.92 Å². The van der Waals surface area contributed by atoms with Crippen molar-refractivity contribution in [3.05, 3.63) is 92.1 Å². The van der Waals surface area contributed by atoms with Crippen LogP contribution in [0.1, 0.15) is 25.0 Å². The topological polar surface area (TPSA) is 72.8 Å². The van der Waals surface area contributed by atoms with Gasteiger partial charge in [0.15, 0.2) is 0 Å². The van der Waals surface area contributed by atoms with Crippen molar-refractivity contribution in [1.82, 2.24) is 4.68 Å². The molecule has 3 aromatic rings. The van der Waals surface area contributed by atoms with Gasteiger partial charge >= 0.3 is 0 Å². The summed E-state index contributed by atoms with van der Waals surface area (Å²) < 4.78 is 1.80. The minimum atomic E-state index is -0.368. The Morgan fingerprint density at radius 1 is 1.21 bits per heavy atom. The van der Waals surface area contributed by atoms with Gasteiger partial charge in [-0.3, -0.25) is 15.1 Å². The number of nitro benzene ring substituents is 1. The van der Waals surface area contributed by atoms with Crippen LogP contribution in [-0.2, 0) is 0 Å². The Hall–Kier alpha value is -3.32. The predicted octanol–water partition coefficient (Wildman–Crippen LogP) is 5.18. The zero-order valence-electron chi connectivity index (χ0n) is 16.6. The van der Waals surface area contributed by atoms with Crippen LogP contribution < -0.4 is 4.80 Å². The molecule has 6 nitrogen and oxygen atoms in total. The predicted molar refractivity (Wildman–Crippen MR) is 118 cm³/mol. The maximum atomic E-state index is 11.3.